The quantitative estimate of drug-likeness (QED) is 0.692. The molecule has 2 aliphatic rings. The van der Waals surface area contributed by atoms with Crippen LogP contribution < -0.4 is 5.32 Å². The summed E-state index contributed by atoms with van der Waals surface area (Å²) in [7, 11) is -3.56. The van der Waals surface area contributed by atoms with Gasteiger partial charge in [-0.1, -0.05) is 32.0 Å². The molecule has 1 aliphatic carbocycles. The average Bonchev–Trinajstić information content (AvgIpc) is 3.25. The Kier molecular flexibility index (Phi) is 6.88. The maximum atomic E-state index is 13.2. The smallest absolute Gasteiger partial charge is 0.255 e. The minimum atomic E-state index is -3.56. The number of carbonyl (C=O) groups excluding carboxylic acids is 2. The summed E-state index contributed by atoms with van der Waals surface area (Å²) in [5.41, 5.74) is 3.17. The van der Waals surface area contributed by atoms with Crippen molar-refractivity contribution in [3.05, 3.63) is 59.2 Å². The zero-order chi connectivity index (χ0) is 23.6. The van der Waals surface area contributed by atoms with E-state index in [1.807, 2.05) is 11.0 Å². The van der Waals surface area contributed by atoms with Gasteiger partial charge in [0.05, 0.1) is 21.9 Å². The van der Waals surface area contributed by atoms with Gasteiger partial charge in [-0.25, -0.2) is 8.42 Å². The zero-order valence-electron chi connectivity index (χ0n) is 19.3. The number of sulfone groups is 1. The number of nitrogens with zero attached hydrogens (tertiary/aromatic N) is 1. The number of likely N-dealkylation sites (tertiary alicyclic amines) is 1. The van der Waals surface area contributed by atoms with Crippen molar-refractivity contribution in [3.8, 4) is 0 Å². The highest BCUT2D eigenvalue weighted by Crippen LogP contribution is 2.27. The molecule has 176 valence electrons. The van der Waals surface area contributed by atoms with E-state index in [1.165, 1.54) is 5.56 Å². The van der Waals surface area contributed by atoms with Crippen LogP contribution >= 0.6 is 0 Å². The molecule has 2 aromatic rings. The number of hydrogen-bond acceptors (Lipinski definition) is 4. The number of piperidine rings is 1. The van der Waals surface area contributed by atoms with E-state index in [9.17, 15) is 18.0 Å². The van der Waals surface area contributed by atoms with E-state index < -0.39 is 15.7 Å². The lowest BCUT2D eigenvalue weighted by Gasteiger charge is -2.35. The Morgan fingerprint density at radius 1 is 1.00 bits per heavy atom. The first-order valence-electron chi connectivity index (χ1n) is 11.8. The second-order valence-corrected chi connectivity index (χ2v) is 11.7. The molecule has 0 radical (unpaired) electrons. The van der Waals surface area contributed by atoms with E-state index in [4.69, 9.17) is 0 Å². The van der Waals surface area contributed by atoms with Gasteiger partial charge in [0.2, 0.25) is 5.91 Å². The number of anilines is 1. The van der Waals surface area contributed by atoms with Crippen LogP contribution in [-0.2, 0) is 27.5 Å². The fraction of sp³-hybridized carbons (Fsp3) is 0.462. The van der Waals surface area contributed by atoms with Gasteiger partial charge in [0.25, 0.3) is 5.91 Å². The minimum absolute atomic E-state index is 0.102. The molecule has 0 bridgehead atoms. The van der Waals surface area contributed by atoms with Crippen LogP contribution in [0.5, 0.6) is 0 Å². The van der Waals surface area contributed by atoms with Crippen LogP contribution in [0, 0.1) is 11.8 Å². The second-order valence-electron chi connectivity index (χ2n) is 9.60. The van der Waals surface area contributed by atoms with Crippen LogP contribution in [-0.4, -0.2) is 44.0 Å². The standard InChI is InChI=1S/C26H32N2O4S/c1-18-14-19(2)17-28(16-18)26(30)23-8-3-4-9-24(23)27-25(29)12-13-33(31,32)22-11-10-20-6-5-7-21(20)15-22/h3-4,8-11,15,18-19H,5-7,12-14,16-17H2,1-2H3,(H,27,29). The van der Waals surface area contributed by atoms with Crippen molar-refractivity contribution in [3.63, 3.8) is 0 Å². The lowest BCUT2D eigenvalue weighted by atomic mass is 9.91. The topological polar surface area (TPSA) is 83.6 Å². The Morgan fingerprint density at radius 3 is 2.45 bits per heavy atom. The number of amides is 2. The SMILES string of the molecule is CC1CC(C)CN(C(=O)c2ccccc2NC(=O)CCS(=O)(=O)c2ccc3c(c2)CCC3)C1. The molecule has 6 nitrogen and oxygen atoms in total. The summed E-state index contributed by atoms with van der Waals surface area (Å²) in [5.74, 6) is 0.0812. The lowest BCUT2D eigenvalue weighted by Crippen LogP contribution is -2.42. The van der Waals surface area contributed by atoms with Crippen molar-refractivity contribution >= 4 is 27.3 Å². The first kappa shape index (κ1) is 23.5. The van der Waals surface area contributed by atoms with Crippen molar-refractivity contribution in [2.24, 2.45) is 11.8 Å². The fourth-order valence-corrected chi connectivity index (χ4v) is 6.36. The molecule has 1 saturated heterocycles. The van der Waals surface area contributed by atoms with Crippen molar-refractivity contribution in [1.29, 1.82) is 0 Å². The maximum Gasteiger partial charge on any atom is 0.255 e. The van der Waals surface area contributed by atoms with Gasteiger partial charge >= 0.3 is 0 Å². The highest BCUT2D eigenvalue weighted by molar-refractivity contribution is 7.91. The molecule has 1 fully saturated rings. The maximum absolute atomic E-state index is 13.2. The average molecular weight is 469 g/mol. The molecule has 0 saturated carbocycles. The molecule has 1 heterocycles. The van der Waals surface area contributed by atoms with Gasteiger partial charge in [-0.2, -0.15) is 0 Å². The predicted octanol–water partition coefficient (Wildman–Crippen LogP) is 4.10. The first-order chi connectivity index (χ1) is 15.7. The Labute approximate surface area is 196 Å². The molecule has 4 rings (SSSR count). The molecule has 2 aromatic carbocycles. The monoisotopic (exact) mass is 468 g/mol. The van der Waals surface area contributed by atoms with E-state index in [1.54, 1.807) is 36.4 Å². The van der Waals surface area contributed by atoms with Crippen molar-refractivity contribution < 1.29 is 18.0 Å². The van der Waals surface area contributed by atoms with Gasteiger partial charge in [0, 0.05) is 19.5 Å². The number of para-hydroxylation sites is 1. The van der Waals surface area contributed by atoms with E-state index >= 15 is 0 Å². The minimum Gasteiger partial charge on any atom is -0.338 e. The highest BCUT2D eigenvalue weighted by atomic mass is 32.2. The molecule has 2 amide bonds. The van der Waals surface area contributed by atoms with Crippen LogP contribution in [0.4, 0.5) is 5.69 Å². The largest absolute Gasteiger partial charge is 0.338 e. The van der Waals surface area contributed by atoms with E-state index in [-0.39, 0.29) is 23.0 Å². The van der Waals surface area contributed by atoms with E-state index in [0.717, 1.165) is 31.2 Å². The van der Waals surface area contributed by atoms with Crippen LogP contribution in [0.1, 0.15) is 54.6 Å². The van der Waals surface area contributed by atoms with Crippen LogP contribution in [0.15, 0.2) is 47.4 Å². The van der Waals surface area contributed by atoms with E-state index in [2.05, 4.69) is 19.2 Å². The molecule has 0 spiro atoms. The molecule has 33 heavy (non-hydrogen) atoms. The zero-order valence-corrected chi connectivity index (χ0v) is 20.2. The summed E-state index contributed by atoms with van der Waals surface area (Å²) in [6.45, 7) is 5.69. The molecule has 1 N–H and O–H groups in total. The molecular formula is C26H32N2O4S. The van der Waals surface area contributed by atoms with Crippen LogP contribution in [0.3, 0.4) is 0 Å². The molecule has 1 aliphatic heterocycles. The third kappa shape index (κ3) is 5.46. The predicted molar refractivity (Wildman–Crippen MR) is 129 cm³/mol. The van der Waals surface area contributed by atoms with Crippen LogP contribution in [0.2, 0.25) is 0 Å². The molecule has 0 aromatic heterocycles. The summed E-state index contributed by atoms with van der Waals surface area (Å²) in [4.78, 5) is 27.9. The Morgan fingerprint density at radius 2 is 1.70 bits per heavy atom. The van der Waals surface area contributed by atoms with Crippen LogP contribution in [0.25, 0.3) is 0 Å². The van der Waals surface area contributed by atoms with Crippen molar-refractivity contribution in [2.75, 3.05) is 24.2 Å². The summed E-state index contributed by atoms with van der Waals surface area (Å²) in [6.07, 6.45) is 3.87. The molecule has 2 unspecified atom stereocenters. The lowest BCUT2D eigenvalue weighted by molar-refractivity contribution is -0.115. The molecule has 2 atom stereocenters. The number of rotatable bonds is 6. The second kappa shape index (κ2) is 9.67. The third-order valence-corrected chi connectivity index (χ3v) is 8.33. The number of hydrogen-bond donors (Lipinski definition) is 1. The van der Waals surface area contributed by atoms with E-state index in [0.29, 0.717) is 36.2 Å². The van der Waals surface area contributed by atoms with Crippen molar-refractivity contribution in [1.82, 2.24) is 4.90 Å². The van der Waals surface area contributed by atoms with Gasteiger partial charge in [-0.05, 0) is 72.9 Å². The van der Waals surface area contributed by atoms with Crippen molar-refractivity contribution in [2.45, 2.75) is 50.8 Å². The molecular weight excluding hydrogens is 436 g/mol. The number of benzene rings is 2. The third-order valence-electron chi connectivity index (χ3n) is 6.61. The van der Waals surface area contributed by atoms with Gasteiger partial charge in [-0.15, -0.1) is 0 Å². The summed E-state index contributed by atoms with van der Waals surface area (Å²) in [6, 6.07) is 12.2. The summed E-state index contributed by atoms with van der Waals surface area (Å²) < 4.78 is 25.6. The van der Waals surface area contributed by atoms with Gasteiger partial charge in [0.15, 0.2) is 9.84 Å². The van der Waals surface area contributed by atoms with Gasteiger partial charge < -0.3 is 10.2 Å². The Hall–Kier alpha value is -2.67. The normalized spacial score (nSPS) is 20.4. The summed E-state index contributed by atoms with van der Waals surface area (Å²) >= 11 is 0. The number of aryl methyl sites for hydroxylation is 2. The first-order valence-corrected chi connectivity index (χ1v) is 13.4. The number of nitrogens with one attached hydrogen (secondary N) is 1. The van der Waals surface area contributed by atoms with Gasteiger partial charge in [0.1, 0.15) is 0 Å². The molecule has 7 heteroatoms. The number of carbonyl (C=O) groups is 2. The Balaban J connectivity index is 1.41. The Bertz CT molecular complexity index is 1150. The fourth-order valence-electron chi connectivity index (χ4n) is 5.08. The number of fused-ring (bicyclic) bond motifs is 1. The van der Waals surface area contributed by atoms with Gasteiger partial charge in [-0.3, -0.25) is 9.59 Å². The highest BCUT2D eigenvalue weighted by Gasteiger charge is 2.28. The summed E-state index contributed by atoms with van der Waals surface area (Å²) in [5, 5.41) is 2.77.